The SMILES string of the molecule is CC(C)(C)C1CN(CC2CC2)C(Cc2ccccc2)CN1. The molecule has 2 aliphatic rings. The van der Waals surface area contributed by atoms with Crippen molar-refractivity contribution in [2.45, 2.75) is 52.1 Å². The van der Waals surface area contributed by atoms with E-state index in [9.17, 15) is 0 Å². The van der Waals surface area contributed by atoms with Crippen molar-refractivity contribution in [1.82, 2.24) is 10.2 Å². The van der Waals surface area contributed by atoms with Gasteiger partial charge >= 0.3 is 0 Å². The number of nitrogens with one attached hydrogen (secondary N) is 1. The van der Waals surface area contributed by atoms with E-state index in [4.69, 9.17) is 0 Å². The highest BCUT2D eigenvalue weighted by Crippen LogP contribution is 2.32. The molecule has 2 heteroatoms. The first-order valence-electron chi connectivity index (χ1n) is 8.54. The molecule has 1 aromatic carbocycles. The molecule has 2 nitrogen and oxygen atoms in total. The van der Waals surface area contributed by atoms with E-state index in [-0.39, 0.29) is 0 Å². The average Bonchev–Trinajstić information content (AvgIpc) is 3.25. The van der Waals surface area contributed by atoms with Crippen LogP contribution in [0.1, 0.15) is 39.2 Å². The lowest BCUT2D eigenvalue weighted by Crippen LogP contribution is -2.61. The Labute approximate surface area is 129 Å². The topological polar surface area (TPSA) is 15.3 Å². The fourth-order valence-corrected chi connectivity index (χ4v) is 3.38. The first kappa shape index (κ1) is 15.1. The van der Waals surface area contributed by atoms with Crippen molar-refractivity contribution >= 4 is 0 Å². The van der Waals surface area contributed by atoms with Gasteiger partial charge in [0.2, 0.25) is 0 Å². The van der Waals surface area contributed by atoms with Gasteiger partial charge in [-0.05, 0) is 36.2 Å². The van der Waals surface area contributed by atoms with Gasteiger partial charge in [0.25, 0.3) is 0 Å². The third kappa shape index (κ3) is 4.08. The third-order valence-corrected chi connectivity index (χ3v) is 5.08. The zero-order valence-corrected chi connectivity index (χ0v) is 13.8. The minimum atomic E-state index is 0.347. The summed E-state index contributed by atoms with van der Waals surface area (Å²) in [5.41, 5.74) is 1.82. The van der Waals surface area contributed by atoms with Crippen LogP contribution in [0.5, 0.6) is 0 Å². The van der Waals surface area contributed by atoms with Crippen molar-refractivity contribution in [2.24, 2.45) is 11.3 Å². The van der Waals surface area contributed by atoms with Gasteiger partial charge in [-0.2, -0.15) is 0 Å². The Kier molecular flexibility index (Phi) is 4.37. The number of hydrogen-bond donors (Lipinski definition) is 1. The van der Waals surface area contributed by atoms with Crippen LogP contribution in [0.3, 0.4) is 0 Å². The Morgan fingerprint density at radius 3 is 2.48 bits per heavy atom. The second-order valence-corrected chi connectivity index (χ2v) is 8.07. The minimum absolute atomic E-state index is 0.347. The molecule has 21 heavy (non-hydrogen) atoms. The Balaban J connectivity index is 1.67. The molecular weight excluding hydrogens is 256 g/mol. The molecule has 0 aromatic heterocycles. The van der Waals surface area contributed by atoms with Gasteiger partial charge < -0.3 is 5.32 Å². The van der Waals surface area contributed by atoms with Gasteiger partial charge in [0.1, 0.15) is 0 Å². The summed E-state index contributed by atoms with van der Waals surface area (Å²) in [6.07, 6.45) is 4.07. The monoisotopic (exact) mass is 286 g/mol. The summed E-state index contributed by atoms with van der Waals surface area (Å²) >= 11 is 0. The highest BCUT2D eigenvalue weighted by atomic mass is 15.2. The maximum Gasteiger partial charge on any atom is 0.0261 e. The number of benzene rings is 1. The van der Waals surface area contributed by atoms with E-state index in [1.54, 1.807) is 0 Å². The molecule has 2 atom stereocenters. The Hall–Kier alpha value is -0.860. The van der Waals surface area contributed by atoms with Crippen LogP contribution in [0.4, 0.5) is 0 Å². The van der Waals surface area contributed by atoms with Crippen molar-refractivity contribution in [1.29, 1.82) is 0 Å². The highest BCUT2D eigenvalue weighted by Gasteiger charge is 2.36. The van der Waals surface area contributed by atoms with E-state index in [2.05, 4.69) is 61.3 Å². The van der Waals surface area contributed by atoms with E-state index in [1.807, 2.05) is 0 Å². The summed E-state index contributed by atoms with van der Waals surface area (Å²) in [6.45, 7) is 10.7. The first-order chi connectivity index (χ1) is 10.0. The molecule has 1 aromatic rings. The Bertz CT molecular complexity index is 444. The van der Waals surface area contributed by atoms with Crippen molar-refractivity contribution in [2.75, 3.05) is 19.6 Å². The van der Waals surface area contributed by atoms with Crippen LogP contribution in [-0.2, 0) is 6.42 Å². The lowest BCUT2D eigenvalue weighted by molar-refractivity contribution is 0.0816. The Morgan fingerprint density at radius 1 is 1.14 bits per heavy atom. The van der Waals surface area contributed by atoms with Gasteiger partial charge in [-0.1, -0.05) is 51.1 Å². The molecule has 1 aliphatic carbocycles. The van der Waals surface area contributed by atoms with E-state index in [0.29, 0.717) is 17.5 Å². The summed E-state index contributed by atoms with van der Waals surface area (Å²) < 4.78 is 0. The van der Waals surface area contributed by atoms with Crippen LogP contribution in [0.15, 0.2) is 30.3 Å². The van der Waals surface area contributed by atoms with Gasteiger partial charge in [0.15, 0.2) is 0 Å². The number of nitrogens with zero attached hydrogens (tertiary/aromatic N) is 1. The van der Waals surface area contributed by atoms with Crippen LogP contribution in [0.25, 0.3) is 0 Å². The smallest absolute Gasteiger partial charge is 0.0261 e. The van der Waals surface area contributed by atoms with Gasteiger partial charge in [0, 0.05) is 31.7 Å². The summed E-state index contributed by atoms with van der Waals surface area (Å²) in [6, 6.07) is 12.2. The third-order valence-electron chi connectivity index (χ3n) is 5.08. The molecule has 1 saturated heterocycles. The van der Waals surface area contributed by atoms with E-state index >= 15 is 0 Å². The van der Waals surface area contributed by atoms with Crippen LogP contribution < -0.4 is 5.32 Å². The quantitative estimate of drug-likeness (QED) is 0.913. The van der Waals surface area contributed by atoms with Crippen LogP contribution in [0.2, 0.25) is 0 Å². The average molecular weight is 286 g/mol. The molecule has 0 bridgehead atoms. The molecule has 1 saturated carbocycles. The van der Waals surface area contributed by atoms with Crippen molar-refractivity contribution in [3.63, 3.8) is 0 Å². The second kappa shape index (κ2) is 6.10. The maximum atomic E-state index is 3.81. The molecule has 0 radical (unpaired) electrons. The molecule has 1 N–H and O–H groups in total. The Morgan fingerprint density at radius 2 is 1.86 bits per heavy atom. The molecule has 116 valence electrons. The number of hydrogen-bond acceptors (Lipinski definition) is 2. The zero-order valence-electron chi connectivity index (χ0n) is 13.8. The summed E-state index contributed by atoms with van der Waals surface area (Å²) in [4.78, 5) is 2.77. The minimum Gasteiger partial charge on any atom is -0.311 e. The van der Waals surface area contributed by atoms with Crippen LogP contribution >= 0.6 is 0 Å². The summed E-state index contributed by atoms with van der Waals surface area (Å²) in [7, 11) is 0. The van der Waals surface area contributed by atoms with Crippen LogP contribution in [0, 0.1) is 11.3 Å². The standard InChI is InChI=1S/C19H30N2/c1-19(2,3)18-14-21(13-16-9-10-16)17(12-20-18)11-15-7-5-4-6-8-15/h4-8,16-18,20H,9-14H2,1-3H3. The lowest BCUT2D eigenvalue weighted by atomic mass is 9.84. The normalized spacial score (nSPS) is 27.8. The van der Waals surface area contributed by atoms with Gasteiger partial charge in [-0.15, -0.1) is 0 Å². The lowest BCUT2D eigenvalue weighted by Gasteiger charge is -2.45. The van der Waals surface area contributed by atoms with Crippen molar-refractivity contribution in [3.05, 3.63) is 35.9 Å². The van der Waals surface area contributed by atoms with E-state index in [1.165, 1.54) is 37.9 Å². The molecule has 2 fully saturated rings. The van der Waals surface area contributed by atoms with Gasteiger partial charge in [-0.25, -0.2) is 0 Å². The van der Waals surface area contributed by atoms with Crippen molar-refractivity contribution < 1.29 is 0 Å². The molecule has 0 amide bonds. The van der Waals surface area contributed by atoms with Crippen molar-refractivity contribution in [3.8, 4) is 0 Å². The van der Waals surface area contributed by atoms with Gasteiger partial charge in [-0.3, -0.25) is 4.90 Å². The summed E-state index contributed by atoms with van der Waals surface area (Å²) in [5.74, 6) is 0.974. The molecule has 0 spiro atoms. The highest BCUT2D eigenvalue weighted by molar-refractivity contribution is 5.16. The number of piperazine rings is 1. The first-order valence-corrected chi connectivity index (χ1v) is 8.54. The van der Waals surface area contributed by atoms with E-state index in [0.717, 1.165) is 12.5 Å². The molecule has 3 rings (SSSR count). The molecule has 1 heterocycles. The fraction of sp³-hybridized carbons (Fsp3) is 0.684. The number of rotatable bonds is 4. The predicted molar refractivity (Wildman–Crippen MR) is 89.5 cm³/mol. The predicted octanol–water partition coefficient (Wildman–Crippen LogP) is 3.33. The van der Waals surface area contributed by atoms with E-state index < -0.39 is 0 Å². The second-order valence-electron chi connectivity index (χ2n) is 8.07. The summed E-state index contributed by atoms with van der Waals surface area (Å²) in [5, 5.41) is 3.81. The maximum absolute atomic E-state index is 3.81. The van der Waals surface area contributed by atoms with Gasteiger partial charge in [0.05, 0.1) is 0 Å². The zero-order chi connectivity index (χ0) is 14.9. The van der Waals surface area contributed by atoms with Crippen LogP contribution in [-0.4, -0.2) is 36.6 Å². The molecular formula is C19H30N2. The largest absolute Gasteiger partial charge is 0.311 e. The molecule has 1 aliphatic heterocycles. The molecule has 2 unspecified atom stereocenters. The fourth-order valence-electron chi connectivity index (χ4n) is 3.38.